The first kappa shape index (κ1) is 22.2. The van der Waals surface area contributed by atoms with Crippen LogP contribution < -0.4 is 10.8 Å². The molecular weight excluding hydrogens is 389 g/mol. The fourth-order valence-corrected chi connectivity index (χ4v) is 4.45. The molecule has 0 unspecified atom stereocenters. The number of alkyl halides is 1. The molecular formula is C22H30FN3O4. The van der Waals surface area contributed by atoms with Crippen LogP contribution in [0.25, 0.3) is 0 Å². The first-order valence-electron chi connectivity index (χ1n) is 10.8. The monoisotopic (exact) mass is 419 g/mol. The topological polar surface area (TPSA) is 98.7 Å². The second-order valence-electron chi connectivity index (χ2n) is 8.14. The van der Waals surface area contributed by atoms with E-state index in [9.17, 15) is 18.8 Å². The number of nitrogens with zero attached hydrogens (tertiary/aromatic N) is 1. The molecule has 3 atom stereocenters. The molecule has 1 saturated heterocycles. The van der Waals surface area contributed by atoms with Gasteiger partial charge >= 0.3 is 0 Å². The summed E-state index contributed by atoms with van der Waals surface area (Å²) in [6.07, 6.45) is 3.62. The van der Waals surface area contributed by atoms with Crippen LogP contribution in [0.1, 0.15) is 56.6 Å². The number of carbonyl (C=O) groups is 3. The summed E-state index contributed by atoms with van der Waals surface area (Å²) in [6, 6.07) is 5.18. The third-order valence-corrected chi connectivity index (χ3v) is 6.10. The molecule has 8 heteroatoms. The van der Waals surface area contributed by atoms with Crippen molar-refractivity contribution >= 4 is 23.4 Å². The SMILES string of the molecule is CCCC[C@@H](C(=O)N1CCC[C@H]1C(=O)Nc1ccc2c(c1)CCC2)[C@@H](F)C(=O)NO. The molecule has 1 aromatic rings. The number of hydroxylamine groups is 1. The Bertz CT molecular complexity index is 801. The average Bonchev–Trinajstić information content (AvgIpc) is 3.42. The van der Waals surface area contributed by atoms with Crippen LogP contribution >= 0.6 is 0 Å². The number of halogens is 1. The molecule has 0 saturated carbocycles. The lowest BCUT2D eigenvalue weighted by atomic mass is 9.94. The smallest absolute Gasteiger partial charge is 0.278 e. The number of benzene rings is 1. The Labute approximate surface area is 176 Å². The second kappa shape index (κ2) is 10.0. The first-order chi connectivity index (χ1) is 14.5. The molecule has 7 nitrogen and oxygen atoms in total. The van der Waals surface area contributed by atoms with Crippen molar-refractivity contribution in [1.82, 2.24) is 10.4 Å². The molecule has 3 N–H and O–H groups in total. The van der Waals surface area contributed by atoms with Crippen LogP contribution in [-0.4, -0.2) is 46.6 Å². The number of likely N-dealkylation sites (tertiary alicyclic amines) is 1. The molecule has 1 aliphatic heterocycles. The average molecular weight is 419 g/mol. The number of fused-ring (bicyclic) bond motifs is 1. The van der Waals surface area contributed by atoms with Crippen LogP contribution in [-0.2, 0) is 27.2 Å². The number of amides is 3. The molecule has 1 fully saturated rings. The van der Waals surface area contributed by atoms with E-state index < -0.39 is 29.9 Å². The van der Waals surface area contributed by atoms with Crippen LogP contribution in [0, 0.1) is 5.92 Å². The number of hydrogen-bond donors (Lipinski definition) is 3. The zero-order chi connectivity index (χ0) is 21.7. The molecule has 3 rings (SSSR count). The van der Waals surface area contributed by atoms with Gasteiger partial charge in [0.1, 0.15) is 6.04 Å². The molecule has 2 aliphatic rings. The van der Waals surface area contributed by atoms with Gasteiger partial charge < -0.3 is 10.2 Å². The van der Waals surface area contributed by atoms with Crippen molar-refractivity contribution in [2.45, 2.75) is 70.5 Å². The van der Waals surface area contributed by atoms with Crippen molar-refractivity contribution in [1.29, 1.82) is 0 Å². The molecule has 1 aliphatic carbocycles. The lowest BCUT2D eigenvalue weighted by Crippen LogP contribution is -2.49. The Hall–Kier alpha value is -2.48. The zero-order valence-electron chi connectivity index (χ0n) is 17.3. The van der Waals surface area contributed by atoms with Gasteiger partial charge in [0.15, 0.2) is 6.17 Å². The summed E-state index contributed by atoms with van der Waals surface area (Å²) in [5, 5.41) is 11.7. The fraction of sp³-hybridized carbons (Fsp3) is 0.591. The molecule has 0 spiro atoms. The number of rotatable bonds is 8. The third-order valence-electron chi connectivity index (χ3n) is 6.10. The van der Waals surface area contributed by atoms with E-state index in [1.54, 1.807) is 0 Å². The molecule has 1 aromatic carbocycles. The van der Waals surface area contributed by atoms with E-state index in [1.807, 2.05) is 25.1 Å². The second-order valence-corrected chi connectivity index (χ2v) is 8.14. The minimum absolute atomic E-state index is 0.180. The molecule has 0 radical (unpaired) electrons. The number of nitrogens with one attached hydrogen (secondary N) is 2. The number of hydrogen-bond acceptors (Lipinski definition) is 4. The van der Waals surface area contributed by atoms with Gasteiger partial charge in [-0.25, -0.2) is 9.87 Å². The normalized spacial score (nSPS) is 19.8. The maximum absolute atomic E-state index is 14.6. The standard InChI is InChI=1S/C22H30FN3O4/c1-2-3-8-17(19(23)21(28)25-30)22(29)26-12-5-9-18(26)20(27)24-16-11-10-14-6-4-7-15(14)13-16/h10-11,13,17-19,30H,2-9,12H2,1H3,(H,24,27)(H,25,28)/t17-,18+,19-/m1/s1. The predicted molar refractivity (Wildman–Crippen MR) is 110 cm³/mol. The van der Waals surface area contributed by atoms with Crippen LogP contribution in [0.4, 0.5) is 10.1 Å². The van der Waals surface area contributed by atoms with Gasteiger partial charge in [0.05, 0.1) is 5.92 Å². The summed E-state index contributed by atoms with van der Waals surface area (Å²) >= 11 is 0. The van der Waals surface area contributed by atoms with Crippen molar-refractivity contribution in [3.8, 4) is 0 Å². The highest BCUT2D eigenvalue weighted by Gasteiger charge is 2.41. The van der Waals surface area contributed by atoms with Crippen LogP contribution in [0.15, 0.2) is 18.2 Å². The highest BCUT2D eigenvalue weighted by molar-refractivity contribution is 5.98. The van der Waals surface area contributed by atoms with E-state index >= 15 is 0 Å². The third kappa shape index (κ3) is 4.80. The van der Waals surface area contributed by atoms with Crippen molar-refractivity contribution < 1.29 is 24.0 Å². The molecule has 3 amide bonds. The van der Waals surface area contributed by atoms with E-state index in [-0.39, 0.29) is 12.3 Å². The quantitative estimate of drug-likeness (QED) is 0.446. The van der Waals surface area contributed by atoms with Crippen LogP contribution in [0.5, 0.6) is 0 Å². The van der Waals surface area contributed by atoms with Crippen molar-refractivity contribution in [3.63, 3.8) is 0 Å². The fourth-order valence-electron chi connectivity index (χ4n) is 4.45. The van der Waals surface area contributed by atoms with Crippen LogP contribution in [0.2, 0.25) is 0 Å². The Morgan fingerprint density at radius 3 is 2.73 bits per heavy atom. The molecule has 0 bridgehead atoms. The minimum atomic E-state index is -2.16. The Morgan fingerprint density at radius 1 is 1.23 bits per heavy atom. The zero-order valence-corrected chi connectivity index (χ0v) is 17.3. The minimum Gasteiger partial charge on any atom is -0.330 e. The lowest BCUT2D eigenvalue weighted by molar-refractivity contribution is -0.148. The highest BCUT2D eigenvalue weighted by Crippen LogP contribution is 2.28. The number of anilines is 1. The Morgan fingerprint density at radius 2 is 2.00 bits per heavy atom. The first-order valence-corrected chi connectivity index (χ1v) is 10.8. The van der Waals surface area contributed by atoms with Gasteiger partial charge in [0.25, 0.3) is 5.91 Å². The number of unbranched alkanes of at least 4 members (excludes halogenated alkanes) is 1. The van der Waals surface area contributed by atoms with Gasteiger partial charge in [-0.2, -0.15) is 0 Å². The largest absolute Gasteiger partial charge is 0.330 e. The van der Waals surface area contributed by atoms with Gasteiger partial charge in [-0.1, -0.05) is 25.8 Å². The van der Waals surface area contributed by atoms with E-state index in [0.717, 1.165) is 25.7 Å². The van der Waals surface area contributed by atoms with E-state index in [0.29, 0.717) is 31.5 Å². The number of aryl methyl sites for hydroxylation is 2. The van der Waals surface area contributed by atoms with Gasteiger partial charge in [-0.05, 0) is 61.8 Å². The van der Waals surface area contributed by atoms with Crippen LogP contribution in [0.3, 0.4) is 0 Å². The summed E-state index contributed by atoms with van der Waals surface area (Å²) < 4.78 is 14.6. The Kier molecular flexibility index (Phi) is 7.42. The van der Waals surface area contributed by atoms with E-state index in [4.69, 9.17) is 5.21 Å². The Balaban J connectivity index is 1.71. The summed E-state index contributed by atoms with van der Waals surface area (Å²) in [5.41, 5.74) is 4.53. The van der Waals surface area contributed by atoms with Gasteiger partial charge in [-0.15, -0.1) is 0 Å². The lowest BCUT2D eigenvalue weighted by Gasteiger charge is -2.29. The van der Waals surface area contributed by atoms with Gasteiger partial charge in [0.2, 0.25) is 11.8 Å². The molecule has 0 aromatic heterocycles. The molecule has 30 heavy (non-hydrogen) atoms. The summed E-state index contributed by atoms with van der Waals surface area (Å²) in [6.45, 7) is 2.25. The number of carbonyl (C=O) groups excluding carboxylic acids is 3. The molecule has 1 heterocycles. The van der Waals surface area contributed by atoms with E-state index in [2.05, 4.69) is 5.32 Å². The maximum Gasteiger partial charge on any atom is 0.278 e. The predicted octanol–water partition coefficient (Wildman–Crippen LogP) is 2.75. The van der Waals surface area contributed by atoms with E-state index in [1.165, 1.54) is 21.5 Å². The van der Waals surface area contributed by atoms with Crippen molar-refractivity contribution in [2.75, 3.05) is 11.9 Å². The van der Waals surface area contributed by atoms with Gasteiger partial charge in [-0.3, -0.25) is 19.6 Å². The van der Waals surface area contributed by atoms with Gasteiger partial charge in [0, 0.05) is 12.2 Å². The van der Waals surface area contributed by atoms with Crippen molar-refractivity contribution in [3.05, 3.63) is 29.3 Å². The summed E-state index contributed by atoms with van der Waals surface area (Å²) in [5.74, 6) is -3.30. The highest BCUT2D eigenvalue weighted by atomic mass is 19.1. The van der Waals surface area contributed by atoms with Crippen molar-refractivity contribution in [2.24, 2.45) is 5.92 Å². The summed E-state index contributed by atoms with van der Waals surface area (Å²) in [7, 11) is 0. The maximum atomic E-state index is 14.6. The summed E-state index contributed by atoms with van der Waals surface area (Å²) in [4.78, 5) is 39.0. The molecule has 164 valence electrons.